The third-order valence-corrected chi connectivity index (χ3v) is 3.10. The molecule has 3 rings (SSSR count). The predicted octanol–water partition coefficient (Wildman–Crippen LogP) is 3.29. The molecule has 0 bridgehead atoms. The molecule has 1 aliphatic heterocycles. The molecule has 0 spiro atoms. The molecule has 0 aliphatic carbocycles. The van der Waals surface area contributed by atoms with Gasteiger partial charge in [-0.2, -0.15) is 0 Å². The molecule has 0 fully saturated rings. The summed E-state index contributed by atoms with van der Waals surface area (Å²) in [4.78, 5) is 11.6. The van der Waals surface area contributed by atoms with E-state index in [2.05, 4.69) is 0 Å². The van der Waals surface area contributed by atoms with Gasteiger partial charge in [0.25, 0.3) is 0 Å². The van der Waals surface area contributed by atoms with Crippen LogP contribution in [0.3, 0.4) is 0 Å². The van der Waals surface area contributed by atoms with Crippen molar-refractivity contribution in [3.05, 3.63) is 45.8 Å². The first-order valence-electron chi connectivity index (χ1n) is 5.92. The zero-order chi connectivity index (χ0) is 12.9. The van der Waals surface area contributed by atoms with Gasteiger partial charge in [-0.1, -0.05) is 0 Å². The summed E-state index contributed by atoms with van der Waals surface area (Å²) in [7, 11) is 0. The van der Waals surface area contributed by atoms with Gasteiger partial charge in [0, 0.05) is 10.9 Å². The molecule has 1 aromatic heterocycles. The average Bonchev–Trinajstić information content (AvgIpc) is 2.29. The Labute approximate surface area is 105 Å². The summed E-state index contributed by atoms with van der Waals surface area (Å²) in [6.45, 7) is 5.73. The minimum atomic E-state index is -0.328. The van der Waals surface area contributed by atoms with Crippen molar-refractivity contribution >= 4 is 17.0 Å². The van der Waals surface area contributed by atoms with Crippen LogP contribution in [0.1, 0.15) is 25.0 Å². The van der Waals surface area contributed by atoms with Crippen LogP contribution in [-0.4, -0.2) is 5.60 Å². The molecular formula is C15H14O3. The largest absolute Gasteiger partial charge is 0.483 e. The van der Waals surface area contributed by atoms with Crippen molar-refractivity contribution in [2.24, 2.45) is 0 Å². The summed E-state index contributed by atoms with van der Waals surface area (Å²) < 4.78 is 11.2. The van der Waals surface area contributed by atoms with Gasteiger partial charge in [0.2, 0.25) is 0 Å². The number of rotatable bonds is 0. The van der Waals surface area contributed by atoms with Crippen LogP contribution < -0.4 is 10.4 Å². The summed E-state index contributed by atoms with van der Waals surface area (Å²) in [5, 5.41) is 0.916. The number of benzene rings is 1. The van der Waals surface area contributed by atoms with Crippen LogP contribution in [0, 0.1) is 6.92 Å². The van der Waals surface area contributed by atoms with Gasteiger partial charge in [-0.05, 0) is 51.1 Å². The zero-order valence-corrected chi connectivity index (χ0v) is 10.6. The van der Waals surface area contributed by atoms with Crippen molar-refractivity contribution in [3.8, 4) is 5.75 Å². The standard InChI is InChI=1S/C15H14O3/c1-9-8-10-4-5-12-11(13(10)17-14(9)16)6-7-15(2,3)18-12/h4-8H,1-3H3. The monoisotopic (exact) mass is 242 g/mol. The summed E-state index contributed by atoms with van der Waals surface area (Å²) in [6.07, 6.45) is 3.92. The lowest BCUT2D eigenvalue weighted by Gasteiger charge is -2.27. The summed E-state index contributed by atoms with van der Waals surface area (Å²) in [5.41, 5.74) is 1.42. The highest BCUT2D eigenvalue weighted by molar-refractivity contribution is 5.89. The lowest BCUT2D eigenvalue weighted by atomic mass is 10.0. The first-order valence-corrected chi connectivity index (χ1v) is 5.92. The van der Waals surface area contributed by atoms with Crippen molar-refractivity contribution in [3.63, 3.8) is 0 Å². The van der Waals surface area contributed by atoms with E-state index in [-0.39, 0.29) is 11.2 Å². The molecule has 2 aromatic rings. The smallest absolute Gasteiger partial charge is 0.339 e. The number of fused-ring (bicyclic) bond motifs is 3. The molecule has 0 radical (unpaired) electrons. The number of hydrogen-bond donors (Lipinski definition) is 0. The molecule has 0 atom stereocenters. The third-order valence-electron chi connectivity index (χ3n) is 3.10. The Morgan fingerprint density at radius 1 is 1.22 bits per heavy atom. The van der Waals surface area contributed by atoms with Crippen LogP contribution >= 0.6 is 0 Å². The molecule has 0 amide bonds. The first kappa shape index (κ1) is 11.1. The van der Waals surface area contributed by atoms with Gasteiger partial charge >= 0.3 is 5.63 Å². The van der Waals surface area contributed by atoms with Crippen LogP contribution in [0.25, 0.3) is 17.0 Å². The van der Waals surface area contributed by atoms with Crippen LogP contribution in [0.2, 0.25) is 0 Å². The zero-order valence-electron chi connectivity index (χ0n) is 10.6. The van der Waals surface area contributed by atoms with Gasteiger partial charge in [0.05, 0.1) is 5.56 Å². The van der Waals surface area contributed by atoms with Crippen LogP contribution in [0.4, 0.5) is 0 Å². The topological polar surface area (TPSA) is 39.4 Å². The average molecular weight is 242 g/mol. The predicted molar refractivity (Wildman–Crippen MR) is 71.0 cm³/mol. The molecule has 3 heteroatoms. The Morgan fingerprint density at radius 2 is 2.00 bits per heavy atom. The maximum atomic E-state index is 11.6. The van der Waals surface area contributed by atoms with E-state index in [4.69, 9.17) is 9.15 Å². The fourth-order valence-electron chi connectivity index (χ4n) is 2.14. The second-order valence-corrected chi connectivity index (χ2v) is 5.15. The molecule has 1 aliphatic rings. The Bertz CT molecular complexity index is 720. The van der Waals surface area contributed by atoms with Gasteiger partial charge in [-0.3, -0.25) is 0 Å². The van der Waals surface area contributed by atoms with Gasteiger partial charge in [0.15, 0.2) is 0 Å². The Morgan fingerprint density at radius 3 is 2.78 bits per heavy atom. The normalized spacial score (nSPS) is 16.4. The second kappa shape index (κ2) is 3.48. The molecule has 0 saturated carbocycles. The minimum Gasteiger partial charge on any atom is -0.483 e. The second-order valence-electron chi connectivity index (χ2n) is 5.15. The molecule has 0 saturated heterocycles. The van der Waals surface area contributed by atoms with E-state index >= 15 is 0 Å². The van der Waals surface area contributed by atoms with E-state index in [0.717, 1.165) is 16.7 Å². The molecule has 2 heterocycles. The third kappa shape index (κ3) is 1.63. The molecule has 1 aromatic carbocycles. The molecule has 3 nitrogen and oxygen atoms in total. The van der Waals surface area contributed by atoms with Crippen LogP contribution in [0.15, 0.2) is 33.5 Å². The lowest BCUT2D eigenvalue weighted by molar-refractivity contribution is 0.159. The van der Waals surface area contributed by atoms with E-state index in [1.807, 2.05) is 44.2 Å². The fraction of sp³-hybridized carbons (Fsp3) is 0.267. The highest BCUT2D eigenvalue weighted by atomic mass is 16.5. The maximum absolute atomic E-state index is 11.6. The van der Waals surface area contributed by atoms with E-state index in [1.165, 1.54) is 0 Å². The molecule has 0 N–H and O–H groups in total. The molecule has 18 heavy (non-hydrogen) atoms. The summed E-state index contributed by atoms with van der Waals surface area (Å²) >= 11 is 0. The van der Waals surface area contributed by atoms with Crippen molar-refractivity contribution < 1.29 is 9.15 Å². The maximum Gasteiger partial charge on any atom is 0.339 e. The van der Waals surface area contributed by atoms with E-state index in [0.29, 0.717) is 11.1 Å². The highest BCUT2D eigenvalue weighted by Crippen LogP contribution is 2.35. The number of aryl methyl sites for hydroxylation is 1. The molecule has 0 unspecified atom stereocenters. The minimum absolute atomic E-state index is 0.297. The fourth-order valence-corrected chi connectivity index (χ4v) is 2.14. The Hall–Kier alpha value is -2.03. The molecular weight excluding hydrogens is 228 g/mol. The Balaban J connectivity index is 2.34. The SMILES string of the molecule is Cc1cc2ccc3c(c2oc1=O)C=CC(C)(C)O3. The quantitative estimate of drug-likeness (QED) is 0.665. The number of hydrogen-bond acceptors (Lipinski definition) is 3. The van der Waals surface area contributed by atoms with Crippen molar-refractivity contribution in [1.29, 1.82) is 0 Å². The van der Waals surface area contributed by atoms with Crippen molar-refractivity contribution in [2.75, 3.05) is 0 Å². The van der Waals surface area contributed by atoms with Gasteiger partial charge in [-0.25, -0.2) is 4.79 Å². The number of ether oxygens (including phenoxy) is 1. The molecule has 92 valence electrons. The first-order chi connectivity index (χ1) is 8.46. The van der Waals surface area contributed by atoms with Gasteiger partial charge in [0.1, 0.15) is 16.9 Å². The van der Waals surface area contributed by atoms with E-state index < -0.39 is 0 Å². The lowest BCUT2D eigenvalue weighted by Crippen LogP contribution is -2.27. The summed E-state index contributed by atoms with van der Waals surface area (Å²) in [6, 6.07) is 5.68. The van der Waals surface area contributed by atoms with Crippen LogP contribution in [0.5, 0.6) is 5.75 Å². The van der Waals surface area contributed by atoms with E-state index in [9.17, 15) is 4.79 Å². The van der Waals surface area contributed by atoms with Gasteiger partial charge in [-0.15, -0.1) is 0 Å². The highest BCUT2D eigenvalue weighted by Gasteiger charge is 2.23. The van der Waals surface area contributed by atoms with Crippen molar-refractivity contribution in [2.45, 2.75) is 26.4 Å². The summed E-state index contributed by atoms with van der Waals surface area (Å²) in [5.74, 6) is 0.752. The van der Waals surface area contributed by atoms with Crippen molar-refractivity contribution in [1.82, 2.24) is 0 Å². The van der Waals surface area contributed by atoms with Gasteiger partial charge < -0.3 is 9.15 Å². The van der Waals surface area contributed by atoms with Crippen LogP contribution in [-0.2, 0) is 0 Å². The Kier molecular flexibility index (Phi) is 2.14. The van der Waals surface area contributed by atoms with E-state index in [1.54, 1.807) is 6.92 Å².